The van der Waals surface area contributed by atoms with E-state index >= 15 is 0 Å². The molecule has 2 N–H and O–H groups in total. The van der Waals surface area contributed by atoms with Crippen molar-refractivity contribution < 1.29 is 5.11 Å². The van der Waals surface area contributed by atoms with E-state index < -0.39 is 6.10 Å². The standard InChI is InChI=1S/C28H34N2O/c1-22(30-18-16-24(17-19-30)20-23-8-4-2-5-9-23)28(31)26-12-14-27(15-13-26)29-21-25-10-6-3-7-11-25/h2-15,22,24,28-29,31H,16-21H2,1H3/t22-,28+/m1/s1. The quantitative estimate of drug-likeness (QED) is 0.498. The van der Waals surface area contributed by atoms with Gasteiger partial charge in [0.25, 0.3) is 0 Å². The zero-order valence-corrected chi connectivity index (χ0v) is 18.5. The summed E-state index contributed by atoms with van der Waals surface area (Å²) in [5.41, 5.74) is 4.77. The van der Waals surface area contributed by atoms with Gasteiger partial charge in [0.15, 0.2) is 0 Å². The molecule has 0 aromatic heterocycles. The third kappa shape index (κ3) is 5.96. The van der Waals surface area contributed by atoms with Crippen LogP contribution in [0.1, 0.15) is 42.6 Å². The van der Waals surface area contributed by atoms with Crippen LogP contribution < -0.4 is 5.32 Å². The molecule has 0 spiro atoms. The number of piperidine rings is 1. The number of aliphatic hydroxyl groups is 1. The molecule has 1 aliphatic rings. The number of aliphatic hydroxyl groups excluding tert-OH is 1. The summed E-state index contributed by atoms with van der Waals surface area (Å²) in [5, 5.41) is 14.4. The average molecular weight is 415 g/mol. The lowest BCUT2D eigenvalue weighted by Crippen LogP contribution is -2.43. The maximum absolute atomic E-state index is 11.0. The molecule has 162 valence electrons. The molecule has 0 bridgehead atoms. The number of anilines is 1. The fraction of sp³-hybridized carbons (Fsp3) is 0.357. The van der Waals surface area contributed by atoms with Gasteiger partial charge in [-0.1, -0.05) is 72.8 Å². The van der Waals surface area contributed by atoms with Crippen LogP contribution in [0.2, 0.25) is 0 Å². The first kappa shape index (κ1) is 21.6. The summed E-state index contributed by atoms with van der Waals surface area (Å²) in [4.78, 5) is 2.45. The molecule has 1 fully saturated rings. The molecule has 1 aliphatic heterocycles. The summed E-state index contributed by atoms with van der Waals surface area (Å²) in [5.74, 6) is 0.748. The van der Waals surface area contributed by atoms with Gasteiger partial charge in [-0.15, -0.1) is 0 Å². The largest absolute Gasteiger partial charge is 0.387 e. The van der Waals surface area contributed by atoms with E-state index in [1.165, 1.54) is 30.4 Å². The van der Waals surface area contributed by atoms with Crippen molar-refractivity contribution in [2.24, 2.45) is 5.92 Å². The third-order valence-corrected chi connectivity index (χ3v) is 6.64. The summed E-state index contributed by atoms with van der Waals surface area (Å²) in [7, 11) is 0. The monoisotopic (exact) mass is 414 g/mol. The Morgan fingerprint density at radius 2 is 1.42 bits per heavy atom. The first-order valence-electron chi connectivity index (χ1n) is 11.5. The van der Waals surface area contributed by atoms with E-state index in [2.05, 4.69) is 96.0 Å². The highest BCUT2D eigenvalue weighted by Crippen LogP contribution is 2.28. The minimum absolute atomic E-state index is 0.126. The molecular weight excluding hydrogens is 380 g/mol. The molecule has 1 heterocycles. The molecule has 0 aliphatic carbocycles. The van der Waals surface area contributed by atoms with Gasteiger partial charge in [-0.2, -0.15) is 0 Å². The van der Waals surface area contributed by atoms with Crippen LogP contribution in [0.3, 0.4) is 0 Å². The van der Waals surface area contributed by atoms with Gasteiger partial charge in [0, 0.05) is 18.3 Å². The summed E-state index contributed by atoms with van der Waals surface area (Å²) in [6.45, 7) is 5.08. The predicted octanol–water partition coefficient (Wildman–Crippen LogP) is 5.68. The number of benzene rings is 3. The normalized spacial score (nSPS) is 17.2. The van der Waals surface area contributed by atoms with Gasteiger partial charge in [-0.25, -0.2) is 0 Å². The zero-order valence-electron chi connectivity index (χ0n) is 18.5. The molecular formula is C28H34N2O. The highest BCUT2D eigenvalue weighted by atomic mass is 16.3. The van der Waals surface area contributed by atoms with Crippen LogP contribution in [0.25, 0.3) is 0 Å². The molecule has 3 aromatic rings. The SMILES string of the molecule is C[C@H]([C@H](O)c1ccc(NCc2ccccc2)cc1)N1CCC(Cc2ccccc2)CC1. The highest BCUT2D eigenvalue weighted by molar-refractivity contribution is 5.45. The molecule has 1 saturated heterocycles. The Balaban J connectivity index is 1.26. The average Bonchev–Trinajstić information content (AvgIpc) is 2.84. The minimum Gasteiger partial charge on any atom is -0.387 e. The third-order valence-electron chi connectivity index (χ3n) is 6.64. The predicted molar refractivity (Wildman–Crippen MR) is 129 cm³/mol. The summed E-state index contributed by atoms with van der Waals surface area (Å²) < 4.78 is 0. The van der Waals surface area contributed by atoms with Gasteiger partial charge in [0.2, 0.25) is 0 Å². The number of likely N-dealkylation sites (tertiary alicyclic amines) is 1. The summed E-state index contributed by atoms with van der Waals surface area (Å²) in [6.07, 6.45) is 3.11. The van der Waals surface area contributed by atoms with Crippen LogP contribution in [-0.2, 0) is 13.0 Å². The van der Waals surface area contributed by atoms with Gasteiger partial charge in [-0.3, -0.25) is 4.90 Å². The van der Waals surface area contributed by atoms with E-state index in [1.807, 2.05) is 6.07 Å². The van der Waals surface area contributed by atoms with Gasteiger partial charge >= 0.3 is 0 Å². The Morgan fingerprint density at radius 3 is 2.03 bits per heavy atom. The maximum atomic E-state index is 11.0. The van der Waals surface area contributed by atoms with Gasteiger partial charge < -0.3 is 10.4 Å². The number of rotatable bonds is 8. The second-order valence-corrected chi connectivity index (χ2v) is 8.82. The molecule has 4 rings (SSSR count). The van der Waals surface area contributed by atoms with Gasteiger partial charge in [0.05, 0.1) is 6.10 Å². The number of hydrogen-bond acceptors (Lipinski definition) is 3. The Morgan fingerprint density at radius 1 is 0.839 bits per heavy atom. The number of nitrogens with one attached hydrogen (secondary N) is 1. The molecule has 2 atom stereocenters. The van der Waals surface area contributed by atoms with Crippen LogP contribution in [0.5, 0.6) is 0 Å². The van der Waals surface area contributed by atoms with Crippen molar-refractivity contribution in [1.29, 1.82) is 0 Å². The van der Waals surface area contributed by atoms with E-state index in [9.17, 15) is 5.11 Å². The van der Waals surface area contributed by atoms with Crippen molar-refractivity contribution in [3.05, 3.63) is 102 Å². The maximum Gasteiger partial charge on any atom is 0.0942 e. The van der Waals surface area contributed by atoms with Crippen molar-refractivity contribution in [1.82, 2.24) is 4.90 Å². The van der Waals surface area contributed by atoms with E-state index in [4.69, 9.17) is 0 Å². The van der Waals surface area contributed by atoms with Crippen molar-refractivity contribution >= 4 is 5.69 Å². The van der Waals surface area contributed by atoms with Gasteiger partial charge in [0.1, 0.15) is 0 Å². The van der Waals surface area contributed by atoms with Crippen LogP contribution in [0.15, 0.2) is 84.9 Å². The smallest absolute Gasteiger partial charge is 0.0942 e. The van der Waals surface area contributed by atoms with E-state index in [0.717, 1.165) is 36.8 Å². The van der Waals surface area contributed by atoms with Crippen LogP contribution in [-0.4, -0.2) is 29.1 Å². The Kier molecular flexibility index (Phi) is 7.39. The second-order valence-electron chi connectivity index (χ2n) is 8.82. The fourth-order valence-corrected chi connectivity index (χ4v) is 4.59. The van der Waals surface area contributed by atoms with Crippen LogP contribution >= 0.6 is 0 Å². The Hall–Kier alpha value is -2.62. The van der Waals surface area contributed by atoms with Crippen molar-refractivity contribution in [2.45, 2.75) is 44.9 Å². The Labute approximate surface area is 186 Å². The van der Waals surface area contributed by atoms with Crippen molar-refractivity contribution in [3.8, 4) is 0 Å². The van der Waals surface area contributed by atoms with Crippen LogP contribution in [0, 0.1) is 5.92 Å². The summed E-state index contributed by atoms with van der Waals surface area (Å²) in [6, 6.07) is 29.6. The molecule has 3 nitrogen and oxygen atoms in total. The van der Waals surface area contributed by atoms with E-state index in [1.54, 1.807) is 0 Å². The minimum atomic E-state index is -0.464. The lowest BCUT2D eigenvalue weighted by atomic mass is 9.89. The molecule has 0 amide bonds. The van der Waals surface area contributed by atoms with Gasteiger partial charge in [-0.05, 0) is 74.0 Å². The van der Waals surface area contributed by atoms with E-state index in [-0.39, 0.29) is 6.04 Å². The zero-order chi connectivity index (χ0) is 21.5. The number of nitrogens with zero attached hydrogens (tertiary/aromatic N) is 1. The van der Waals surface area contributed by atoms with Crippen molar-refractivity contribution in [2.75, 3.05) is 18.4 Å². The lowest BCUT2D eigenvalue weighted by Gasteiger charge is -2.38. The first-order valence-corrected chi connectivity index (χ1v) is 11.5. The number of hydrogen-bond donors (Lipinski definition) is 2. The molecule has 3 heteroatoms. The Bertz CT molecular complexity index is 903. The van der Waals surface area contributed by atoms with Crippen LogP contribution in [0.4, 0.5) is 5.69 Å². The molecule has 3 aromatic carbocycles. The fourth-order valence-electron chi connectivity index (χ4n) is 4.59. The van der Waals surface area contributed by atoms with E-state index in [0.29, 0.717) is 0 Å². The first-order chi connectivity index (χ1) is 15.2. The highest BCUT2D eigenvalue weighted by Gasteiger charge is 2.27. The topological polar surface area (TPSA) is 35.5 Å². The molecule has 0 radical (unpaired) electrons. The summed E-state index contributed by atoms with van der Waals surface area (Å²) >= 11 is 0. The molecule has 0 saturated carbocycles. The molecule has 0 unspecified atom stereocenters. The molecule has 31 heavy (non-hydrogen) atoms. The van der Waals surface area contributed by atoms with Crippen molar-refractivity contribution in [3.63, 3.8) is 0 Å². The lowest BCUT2D eigenvalue weighted by molar-refractivity contribution is 0.0373. The second kappa shape index (κ2) is 10.6.